The molecule has 148 valence electrons. The summed E-state index contributed by atoms with van der Waals surface area (Å²) in [6.45, 7) is 1.70. The summed E-state index contributed by atoms with van der Waals surface area (Å²) in [7, 11) is 0. The van der Waals surface area contributed by atoms with Gasteiger partial charge < -0.3 is 20.5 Å². The standard InChI is InChI=1S/C22H26N2O4/c1-15-7-5-6-10-19(15)24-21(25)14-27-20-13-16(11-12-18(20)23)22(26)28-17-8-3-2-4-9-17/h5-7,10-13,17H,2-4,8-9,14,23H2,1H3,(H,24,25). The van der Waals surface area contributed by atoms with Gasteiger partial charge in [0.2, 0.25) is 0 Å². The van der Waals surface area contributed by atoms with Gasteiger partial charge in [0.15, 0.2) is 6.61 Å². The summed E-state index contributed by atoms with van der Waals surface area (Å²) < 4.78 is 11.1. The molecule has 0 saturated heterocycles. The highest BCUT2D eigenvalue weighted by Gasteiger charge is 2.19. The lowest BCUT2D eigenvalue weighted by atomic mass is 9.98. The molecule has 0 heterocycles. The SMILES string of the molecule is Cc1ccccc1NC(=O)COc1cc(C(=O)OC2CCCCC2)ccc1N. The van der Waals surface area contributed by atoms with Crippen molar-refractivity contribution in [3.8, 4) is 5.75 Å². The summed E-state index contributed by atoms with van der Waals surface area (Å²) in [6.07, 6.45) is 5.15. The van der Waals surface area contributed by atoms with Crippen molar-refractivity contribution in [1.82, 2.24) is 0 Å². The molecule has 0 aromatic heterocycles. The number of amides is 1. The molecule has 3 N–H and O–H groups in total. The number of anilines is 2. The number of carbonyl (C=O) groups is 2. The van der Waals surface area contributed by atoms with Gasteiger partial charge in [-0.05, 0) is 62.4 Å². The molecule has 28 heavy (non-hydrogen) atoms. The van der Waals surface area contributed by atoms with Crippen LogP contribution in [0, 0.1) is 6.92 Å². The van der Waals surface area contributed by atoms with E-state index in [0.717, 1.165) is 36.9 Å². The maximum absolute atomic E-state index is 12.4. The molecule has 6 heteroatoms. The molecule has 2 aromatic rings. The van der Waals surface area contributed by atoms with Crippen LogP contribution in [0.1, 0.15) is 48.0 Å². The van der Waals surface area contributed by atoms with Crippen molar-refractivity contribution in [3.63, 3.8) is 0 Å². The number of aryl methyl sites for hydroxylation is 1. The van der Waals surface area contributed by atoms with Crippen LogP contribution < -0.4 is 15.8 Å². The van der Waals surface area contributed by atoms with E-state index in [9.17, 15) is 9.59 Å². The third-order valence-corrected chi connectivity index (χ3v) is 4.85. The zero-order valence-corrected chi connectivity index (χ0v) is 16.1. The lowest BCUT2D eigenvalue weighted by Crippen LogP contribution is -2.22. The molecular formula is C22H26N2O4. The maximum atomic E-state index is 12.4. The van der Waals surface area contributed by atoms with Gasteiger partial charge in [-0.15, -0.1) is 0 Å². The van der Waals surface area contributed by atoms with Crippen LogP contribution in [0.5, 0.6) is 5.75 Å². The number of hydrogen-bond acceptors (Lipinski definition) is 5. The first-order chi connectivity index (χ1) is 13.5. The number of nitrogens with two attached hydrogens (primary N) is 1. The first-order valence-electron chi connectivity index (χ1n) is 9.61. The topological polar surface area (TPSA) is 90.6 Å². The number of carbonyl (C=O) groups excluding carboxylic acids is 2. The van der Waals surface area contributed by atoms with Crippen LogP contribution in [-0.2, 0) is 9.53 Å². The van der Waals surface area contributed by atoms with E-state index in [1.54, 1.807) is 12.1 Å². The first-order valence-corrected chi connectivity index (χ1v) is 9.61. The van der Waals surface area contributed by atoms with Crippen LogP contribution in [0.4, 0.5) is 11.4 Å². The van der Waals surface area contributed by atoms with E-state index in [1.807, 2.05) is 31.2 Å². The molecule has 0 spiro atoms. The number of hydrogen-bond donors (Lipinski definition) is 2. The Morgan fingerprint density at radius 2 is 1.86 bits per heavy atom. The molecule has 2 aromatic carbocycles. The van der Waals surface area contributed by atoms with E-state index in [4.69, 9.17) is 15.2 Å². The molecule has 0 atom stereocenters. The van der Waals surface area contributed by atoms with Crippen LogP contribution in [0.25, 0.3) is 0 Å². The van der Waals surface area contributed by atoms with Gasteiger partial charge in [-0.2, -0.15) is 0 Å². The molecule has 6 nitrogen and oxygen atoms in total. The second-order valence-electron chi connectivity index (χ2n) is 7.07. The van der Waals surface area contributed by atoms with Crippen molar-refractivity contribution in [2.45, 2.75) is 45.1 Å². The van der Waals surface area contributed by atoms with Crippen LogP contribution >= 0.6 is 0 Å². The molecule has 1 saturated carbocycles. The fourth-order valence-corrected chi connectivity index (χ4v) is 3.23. The highest BCUT2D eigenvalue weighted by molar-refractivity contribution is 5.93. The molecular weight excluding hydrogens is 356 g/mol. The fourth-order valence-electron chi connectivity index (χ4n) is 3.23. The highest BCUT2D eigenvalue weighted by atomic mass is 16.5. The van der Waals surface area contributed by atoms with Crippen molar-refractivity contribution in [2.75, 3.05) is 17.7 Å². The molecule has 1 aliphatic rings. The number of esters is 1. The van der Waals surface area contributed by atoms with E-state index in [0.29, 0.717) is 11.3 Å². The summed E-state index contributed by atoms with van der Waals surface area (Å²) in [5, 5.41) is 2.80. The monoisotopic (exact) mass is 382 g/mol. The predicted molar refractivity (Wildman–Crippen MR) is 108 cm³/mol. The number of rotatable bonds is 6. The maximum Gasteiger partial charge on any atom is 0.338 e. The third-order valence-electron chi connectivity index (χ3n) is 4.85. The predicted octanol–water partition coefficient (Wildman–Crippen LogP) is 4.08. The molecule has 1 aliphatic carbocycles. The van der Waals surface area contributed by atoms with Crippen LogP contribution in [0.3, 0.4) is 0 Å². The van der Waals surface area contributed by atoms with Crippen molar-refractivity contribution in [1.29, 1.82) is 0 Å². The van der Waals surface area contributed by atoms with Gasteiger partial charge in [0.05, 0.1) is 11.3 Å². The molecule has 1 fully saturated rings. The Balaban J connectivity index is 1.59. The zero-order valence-electron chi connectivity index (χ0n) is 16.1. The minimum absolute atomic E-state index is 0.0249. The van der Waals surface area contributed by atoms with Crippen molar-refractivity contribution in [3.05, 3.63) is 53.6 Å². The molecule has 1 amide bonds. The van der Waals surface area contributed by atoms with Gasteiger partial charge >= 0.3 is 5.97 Å². The summed E-state index contributed by atoms with van der Waals surface area (Å²) >= 11 is 0. The van der Waals surface area contributed by atoms with Crippen LogP contribution in [0.2, 0.25) is 0 Å². The molecule has 0 radical (unpaired) electrons. The van der Waals surface area contributed by atoms with Gasteiger partial charge in [-0.3, -0.25) is 4.79 Å². The minimum atomic E-state index is -0.388. The molecule has 0 unspecified atom stereocenters. The Morgan fingerprint density at radius 1 is 1.11 bits per heavy atom. The minimum Gasteiger partial charge on any atom is -0.482 e. The van der Waals surface area contributed by atoms with Crippen molar-refractivity contribution in [2.24, 2.45) is 0 Å². The Labute approximate surface area is 165 Å². The summed E-state index contributed by atoms with van der Waals surface area (Å²) in [5.74, 6) is -0.400. The second-order valence-corrected chi connectivity index (χ2v) is 7.07. The van der Waals surface area contributed by atoms with Crippen molar-refractivity contribution < 1.29 is 19.1 Å². The smallest absolute Gasteiger partial charge is 0.338 e. The van der Waals surface area contributed by atoms with Gasteiger partial charge in [0.1, 0.15) is 11.9 Å². The lowest BCUT2D eigenvalue weighted by molar-refractivity contribution is -0.118. The Bertz CT molecular complexity index is 844. The Kier molecular flexibility index (Phi) is 6.53. The summed E-state index contributed by atoms with van der Waals surface area (Å²) in [5.41, 5.74) is 8.35. The lowest BCUT2D eigenvalue weighted by Gasteiger charge is -2.22. The van der Waals surface area contributed by atoms with Gasteiger partial charge in [0, 0.05) is 5.69 Å². The van der Waals surface area contributed by atoms with Crippen molar-refractivity contribution >= 4 is 23.3 Å². The van der Waals surface area contributed by atoms with E-state index in [2.05, 4.69) is 5.32 Å². The number of nitrogen functional groups attached to an aromatic ring is 1. The molecule has 0 aliphatic heterocycles. The number of ether oxygens (including phenoxy) is 2. The average molecular weight is 382 g/mol. The Morgan fingerprint density at radius 3 is 2.61 bits per heavy atom. The van der Waals surface area contributed by atoms with E-state index in [-0.39, 0.29) is 30.3 Å². The third kappa shape index (κ3) is 5.25. The fraction of sp³-hybridized carbons (Fsp3) is 0.364. The summed E-state index contributed by atoms with van der Waals surface area (Å²) in [6, 6.07) is 12.2. The highest BCUT2D eigenvalue weighted by Crippen LogP contribution is 2.25. The van der Waals surface area contributed by atoms with Crippen LogP contribution in [0.15, 0.2) is 42.5 Å². The number of nitrogens with one attached hydrogen (secondary N) is 1. The largest absolute Gasteiger partial charge is 0.482 e. The summed E-state index contributed by atoms with van der Waals surface area (Å²) in [4.78, 5) is 24.6. The quantitative estimate of drug-likeness (QED) is 0.580. The van der Waals surface area contributed by atoms with Crippen LogP contribution in [-0.4, -0.2) is 24.6 Å². The first kappa shape index (κ1) is 19.7. The zero-order chi connectivity index (χ0) is 19.9. The number of benzene rings is 2. The molecule has 0 bridgehead atoms. The number of para-hydroxylation sites is 1. The van der Waals surface area contributed by atoms with Gasteiger partial charge in [-0.25, -0.2) is 4.79 Å². The van der Waals surface area contributed by atoms with E-state index >= 15 is 0 Å². The molecule has 3 rings (SSSR count). The second kappa shape index (κ2) is 9.26. The Hall–Kier alpha value is -3.02. The van der Waals surface area contributed by atoms with Gasteiger partial charge in [0.25, 0.3) is 5.91 Å². The van der Waals surface area contributed by atoms with Gasteiger partial charge in [-0.1, -0.05) is 24.6 Å². The average Bonchev–Trinajstić information content (AvgIpc) is 2.70. The van der Waals surface area contributed by atoms with E-state index < -0.39 is 0 Å². The normalized spacial score (nSPS) is 14.3. The van der Waals surface area contributed by atoms with E-state index in [1.165, 1.54) is 12.5 Å².